The third-order valence-corrected chi connectivity index (χ3v) is 6.21. The second kappa shape index (κ2) is 7.25. The van der Waals surface area contributed by atoms with Crippen molar-refractivity contribution in [2.75, 3.05) is 0 Å². The summed E-state index contributed by atoms with van der Waals surface area (Å²) in [7, 11) is 0. The highest BCUT2D eigenvalue weighted by molar-refractivity contribution is 7.98. The molecule has 0 bridgehead atoms. The standard InChI is InChI=1S/C19H16N6OS2/c1-2-25-18(13-10-20-14-7-4-3-6-12(13)14)22-23-19(25)28-11-16-21-17(24-26-16)15-8-5-9-27-15/h3-10,20H,2,11H2,1H3. The van der Waals surface area contributed by atoms with Gasteiger partial charge in [0.05, 0.1) is 10.6 Å². The van der Waals surface area contributed by atoms with Gasteiger partial charge in [0, 0.05) is 29.2 Å². The molecular formula is C19H16N6OS2. The van der Waals surface area contributed by atoms with Crippen LogP contribution >= 0.6 is 23.1 Å². The van der Waals surface area contributed by atoms with E-state index in [0.29, 0.717) is 17.5 Å². The Morgan fingerprint density at radius 2 is 2.11 bits per heavy atom. The first-order chi connectivity index (χ1) is 13.8. The number of fused-ring (bicyclic) bond motifs is 1. The molecule has 5 rings (SSSR count). The zero-order valence-electron chi connectivity index (χ0n) is 15.0. The number of para-hydroxylation sites is 1. The second-order valence-electron chi connectivity index (χ2n) is 6.08. The van der Waals surface area contributed by atoms with E-state index in [0.717, 1.165) is 38.9 Å². The van der Waals surface area contributed by atoms with E-state index in [1.807, 2.05) is 35.8 Å². The molecule has 0 spiro atoms. The number of benzene rings is 1. The predicted octanol–water partition coefficient (Wildman–Crippen LogP) is 4.85. The molecule has 1 N–H and O–H groups in total. The van der Waals surface area contributed by atoms with Crippen LogP contribution in [-0.4, -0.2) is 29.9 Å². The van der Waals surface area contributed by atoms with E-state index in [1.165, 1.54) is 0 Å². The molecule has 7 nitrogen and oxygen atoms in total. The quantitative estimate of drug-likeness (QED) is 0.404. The minimum Gasteiger partial charge on any atom is -0.360 e. The fourth-order valence-electron chi connectivity index (χ4n) is 3.08. The highest BCUT2D eigenvalue weighted by atomic mass is 32.2. The molecule has 0 atom stereocenters. The number of hydrogen-bond donors (Lipinski definition) is 1. The summed E-state index contributed by atoms with van der Waals surface area (Å²) in [6.45, 7) is 2.86. The number of rotatable bonds is 6. The normalized spacial score (nSPS) is 11.5. The van der Waals surface area contributed by atoms with Crippen LogP contribution in [0, 0.1) is 0 Å². The molecule has 4 aromatic heterocycles. The van der Waals surface area contributed by atoms with Gasteiger partial charge in [-0.3, -0.25) is 0 Å². The fraction of sp³-hybridized carbons (Fsp3) is 0.158. The molecular weight excluding hydrogens is 392 g/mol. The lowest BCUT2D eigenvalue weighted by atomic mass is 10.1. The highest BCUT2D eigenvalue weighted by Gasteiger charge is 2.17. The molecule has 0 fully saturated rings. The largest absolute Gasteiger partial charge is 0.360 e. The van der Waals surface area contributed by atoms with Crippen LogP contribution in [0.2, 0.25) is 0 Å². The molecule has 0 aliphatic rings. The fourth-order valence-corrected chi connectivity index (χ4v) is 4.57. The summed E-state index contributed by atoms with van der Waals surface area (Å²) in [5.74, 6) is 2.60. The molecule has 1 aromatic carbocycles. The van der Waals surface area contributed by atoms with Crippen LogP contribution in [-0.2, 0) is 12.3 Å². The molecule has 5 aromatic rings. The first-order valence-corrected chi connectivity index (χ1v) is 10.7. The maximum atomic E-state index is 5.38. The Morgan fingerprint density at radius 3 is 2.96 bits per heavy atom. The smallest absolute Gasteiger partial charge is 0.237 e. The molecule has 0 unspecified atom stereocenters. The zero-order valence-corrected chi connectivity index (χ0v) is 16.6. The van der Waals surface area contributed by atoms with Crippen molar-refractivity contribution in [1.82, 2.24) is 29.9 Å². The minimum atomic E-state index is 0.546. The summed E-state index contributed by atoms with van der Waals surface area (Å²) >= 11 is 3.14. The van der Waals surface area contributed by atoms with E-state index in [4.69, 9.17) is 4.52 Å². The summed E-state index contributed by atoms with van der Waals surface area (Å²) in [6.07, 6.45) is 1.99. The molecule has 0 saturated heterocycles. The maximum absolute atomic E-state index is 5.38. The van der Waals surface area contributed by atoms with E-state index in [2.05, 4.69) is 48.9 Å². The van der Waals surface area contributed by atoms with E-state index in [1.54, 1.807) is 23.1 Å². The Bertz CT molecular complexity index is 1220. The number of nitrogens with zero attached hydrogens (tertiary/aromatic N) is 5. The first kappa shape index (κ1) is 17.2. The number of hydrogen-bond acceptors (Lipinski definition) is 7. The van der Waals surface area contributed by atoms with Crippen molar-refractivity contribution in [3.8, 4) is 22.1 Å². The maximum Gasteiger partial charge on any atom is 0.237 e. The number of nitrogens with one attached hydrogen (secondary N) is 1. The Kier molecular flexibility index (Phi) is 4.46. The average Bonchev–Trinajstić information content (AvgIpc) is 3.52. The van der Waals surface area contributed by atoms with Crippen LogP contribution in [0.3, 0.4) is 0 Å². The van der Waals surface area contributed by atoms with Gasteiger partial charge in [0.1, 0.15) is 0 Å². The van der Waals surface area contributed by atoms with Gasteiger partial charge in [0.25, 0.3) is 0 Å². The Labute approximate surface area is 168 Å². The van der Waals surface area contributed by atoms with Crippen molar-refractivity contribution >= 4 is 34.0 Å². The van der Waals surface area contributed by atoms with Crippen LogP contribution in [0.15, 0.2) is 57.7 Å². The van der Waals surface area contributed by atoms with Gasteiger partial charge in [-0.05, 0) is 24.4 Å². The molecule has 28 heavy (non-hydrogen) atoms. The van der Waals surface area contributed by atoms with Crippen LogP contribution in [0.5, 0.6) is 0 Å². The Hall–Kier alpha value is -2.91. The van der Waals surface area contributed by atoms with Crippen LogP contribution in [0.4, 0.5) is 0 Å². The van der Waals surface area contributed by atoms with Crippen molar-refractivity contribution < 1.29 is 4.52 Å². The summed E-state index contributed by atoms with van der Waals surface area (Å²) in [6, 6.07) is 12.1. The van der Waals surface area contributed by atoms with Gasteiger partial charge >= 0.3 is 0 Å². The van der Waals surface area contributed by atoms with Crippen molar-refractivity contribution in [3.63, 3.8) is 0 Å². The monoisotopic (exact) mass is 408 g/mol. The Morgan fingerprint density at radius 1 is 1.18 bits per heavy atom. The van der Waals surface area contributed by atoms with Crippen LogP contribution in [0.25, 0.3) is 33.0 Å². The number of aromatic amines is 1. The number of thiophene rings is 1. The number of H-pyrrole nitrogens is 1. The SMILES string of the molecule is CCn1c(SCc2nc(-c3cccs3)no2)nnc1-c1c[nH]c2ccccc12. The average molecular weight is 409 g/mol. The van der Waals surface area contributed by atoms with Crippen molar-refractivity contribution in [1.29, 1.82) is 0 Å². The van der Waals surface area contributed by atoms with Crippen molar-refractivity contribution in [2.24, 2.45) is 0 Å². The van der Waals surface area contributed by atoms with Crippen molar-refractivity contribution in [2.45, 2.75) is 24.4 Å². The summed E-state index contributed by atoms with van der Waals surface area (Å²) in [5.41, 5.74) is 2.14. The minimum absolute atomic E-state index is 0.546. The van der Waals surface area contributed by atoms with Gasteiger partial charge in [0.15, 0.2) is 11.0 Å². The van der Waals surface area contributed by atoms with Crippen LogP contribution < -0.4 is 0 Å². The third kappa shape index (κ3) is 3.02. The van der Waals surface area contributed by atoms with E-state index >= 15 is 0 Å². The molecule has 0 amide bonds. The Balaban J connectivity index is 1.39. The van der Waals surface area contributed by atoms with Gasteiger partial charge in [0.2, 0.25) is 11.7 Å². The lowest BCUT2D eigenvalue weighted by Crippen LogP contribution is -1.99. The molecule has 9 heteroatoms. The zero-order chi connectivity index (χ0) is 18.9. The third-order valence-electron chi connectivity index (χ3n) is 4.40. The van der Waals surface area contributed by atoms with Gasteiger partial charge in [-0.25, -0.2) is 0 Å². The van der Waals surface area contributed by atoms with Crippen LogP contribution in [0.1, 0.15) is 12.8 Å². The van der Waals surface area contributed by atoms with Gasteiger partial charge in [-0.15, -0.1) is 21.5 Å². The molecule has 140 valence electrons. The molecule has 0 aliphatic carbocycles. The van der Waals surface area contributed by atoms with E-state index in [-0.39, 0.29) is 0 Å². The van der Waals surface area contributed by atoms with E-state index < -0.39 is 0 Å². The highest BCUT2D eigenvalue weighted by Crippen LogP contribution is 2.31. The predicted molar refractivity (Wildman–Crippen MR) is 110 cm³/mol. The molecule has 0 aliphatic heterocycles. The molecule has 0 radical (unpaired) electrons. The number of thioether (sulfide) groups is 1. The van der Waals surface area contributed by atoms with Crippen molar-refractivity contribution in [3.05, 3.63) is 53.9 Å². The summed E-state index contributed by atoms with van der Waals surface area (Å²) < 4.78 is 7.49. The summed E-state index contributed by atoms with van der Waals surface area (Å²) in [5, 5.41) is 16.9. The topological polar surface area (TPSA) is 85.4 Å². The lowest BCUT2D eigenvalue weighted by molar-refractivity contribution is 0.391. The summed E-state index contributed by atoms with van der Waals surface area (Å²) in [4.78, 5) is 8.77. The molecule has 4 heterocycles. The van der Waals surface area contributed by atoms with Gasteiger partial charge in [-0.1, -0.05) is 41.2 Å². The van der Waals surface area contributed by atoms with E-state index in [9.17, 15) is 0 Å². The van der Waals surface area contributed by atoms with Gasteiger partial charge in [-0.2, -0.15) is 4.98 Å². The number of aromatic nitrogens is 6. The second-order valence-corrected chi connectivity index (χ2v) is 7.97. The lowest BCUT2D eigenvalue weighted by Gasteiger charge is -2.05. The first-order valence-electron chi connectivity index (χ1n) is 8.82. The van der Waals surface area contributed by atoms with Gasteiger partial charge < -0.3 is 14.1 Å². The molecule has 0 saturated carbocycles.